The minimum Gasteiger partial charge on any atom is -0.325 e. The lowest BCUT2D eigenvalue weighted by atomic mass is 10.00. The van der Waals surface area contributed by atoms with Crippen LogP contribution in [0.15, 0.2) is 60.0 Å². The van der Waals surface area contributed by atoms with E-state index in [2.05, 4.69) is 31.2 Å². The molecule has 3 aliphatic rings. The molecule has 3 aliphatic heterocycles. The van der Waals surface area contributed by atoms with E-state index in [4.69, 9.17) is 11.6 Å². The van der Waals surface area contributed by atoms with Crippen LogP contribution in [-0.4, -0.2) is 38.9 Å². The molecule has 5 rings (SSSR count). The van der Waals surface area contributed by atoms with E-state index >= 15 is 0 Å². The molecule has 3 N–H and O–H groups in total. The van der Waals surface area contributed by atoms with Gasteiger partial charge in [-0.25, -0.2) is 9.82 Å². The number of hydrazone groups is 1. The van der Waals surface area contributed by atoms with E-state index in [1.807, 2.05) is 43.6 Å². The Kier molecular flexibility index (Phi) is 5.71. The number of nitrogens with one attached hydrogen (secondary N) is 3. The SMILES string of the molecule is Cc1ccc(NC(=O)CSC2=NNC3C4CC(c5ccc(F)cc5)NN4C=CN23)cc1Cl. The van der Waals surface area contributed by atoms with Crippen molar-refractivity contribution in [2.75, 3.05) is 11.1 Å². The highest BCUT2D eigenvalue weighted by atomic mass is 35.5. The monoisotopic (exact) mass is 472 g/mol. The van der Waals surface area contributed by atoms with Gasteiger partial charge < -0.3 is 15.2 Å². The molecule has 1 fully saturated rings. The van der Waals surface area contributed by atoms with E-state index in [9.17, 15) is 9.18 Å². The second-order valence-corrected chi connectivity index (χ2v) is 9.27. The van der Waals surface area contributed by atoms with Crippen molar-refractivity contribution in [3.8, 4) is 0 Å². The number of carbonyl (C=O) groups excluding carboxylic acids is 1. The van der Waals surface area contributed by atoms with Gasteiger partial charge in [0.2, 0.25) is 5.91 Å². The molecule has 0 radical (unpaired) electrons. The molecule has 2 aromatic carbocycles. The van der Waals surface area contributed by atoms with Crippen LogP contribution >= 0.6 is 23.4 Å². The Balaban J connectivity index is 1.18. The van der Waals surface area contributed by atoms with Gasteiger partial charge in [-0.05, 0) is 48.7 Å². The molecule has 1 saturated heterocycles. The van der Waals surface area contributed by atoms with Gasteiger partial charge in [0.25, 0.3) is 0 Å². The van der Waals surface area contributed by atoms with Crippen LogP contribution in [0.1, 0.15) is 23.6 Å². The number of thioether (sulfide) groups is 1. The Labute approximate surface area is 194 Å². The number of nitrogens with zero attached hydrogens (tertiary/aromatic N) is 3. The molecule has 7 nitrogen and oxygen atoms in total. The van der Waals surface area contributed by atoms with Crippen LogP contribution in [0.4, 0.5) is 10.1 Å². The summed E-state index contributed by atoms with van der Waals surface area (Å²) < 4.78 is 13.3. The molecular weight excluding hydrogens is 451 g/mol. The van der Waals surface area contributed by atoms with Crippen molar-refractivity contribution >= 4 is 40.1 Å². The first-order chi connectivity index (χ1) is 15.5. The lowest BCUT2D eigenvalue weighted by molar-refractivity contribution is -0.113. The highest BCUT2D eigenvalue weighted by Crippen LogP contribution is 2.35. The second kappa shape index (κ2) is 8.65. The summed E-state index contributed by atoms with van der Waals surface area (Å²) in [5, 5.41) is 10.8. The molecule has 0 saturated carbocycles. The normalized spacial score (nSPS) is 23.5. The molecule has 10 heteroatoms. The van der Waals surface area contributed by atoms with E-state index in [-0.39, 0.29) is 35.7 Å². The van der Waals surface area contributed by atoms with Gasteiger partial charge in [-0.1, -0.05) is 41.6 Å². The molecule has 1 amide bonds. The Hall–Kier alpha value is -2.75. The average molecular weight is 473 g/mol. The molecule has 0 aromatic heterocycles. The molecule has 32 heavy (non-hydrogen) atoms. The summed E-state index contributed by atoms with van der Waals surface area (Å²) >= 11 is 7.50. The third-order valence-corrected chi connectivity index (χ3v) is 7.14. The third kappa shape index (κ3) is 4.15. The van der Waals surface area contributed by atoms with Gasteiger partial charge in [0.15, 0.2) is 5.17 Å². The molecule has 166 valence electrons. The van der Waals surface area contributed by atoms with Crippen molar-refractivity contribution in [2.45, 2.75) is 31.6 Å². The van der Waals surface area contributed by atoms with Crippen molar-refractivity contribution in [2.24, 2.45) is 5.10 Å². The maximum Gasteiger partial charge on any atom is 0.234 e. The zero-order valence-corrected chi connectivity index (χ0v) is 18.8. The van der Waals surface area contributed by atoms with Crippen LogP contribution in [-0.2, 0) is 4.79 Å². The highest BCUT2D eigenvalue weighted by Gasteiger charge is 2.44. The first-order valence-corrected chi connectivity index (χ1v) is 11.6. The molecule has 2 aromatic rings. The Morgan fingerprint density at radius 2 is 2.09 bits per heavy atom. The summed E-state index contributed by atoms with van der Waals surface area (Å²) in [5.41, 5.74) is 9.35. The fourth-order valence-corrected chi connectivity index (χ4v) is 5.01. The van der Waals surface area contributed by atoms with E-state index in [1.54, 1.807) is 6.07 Å². The third-order valence-electron chi connectivity index (χ3n) is 5.77. The van der Waals surface area contributed by atoms with Crippen molar-refractivity contribution < 1.29 is 9.18 Å². The van der Waals surface area contributed by atoms with Gasteiger partial charge in [0.05, 0.1) is 17.8 Å². The quantitative estimate of drug-likeness (QED) is 0.629. The number of anilines is 1. The van der Waals surface area contributed by atoms with E-state index in [1.165, 1.54) is 23.9 Å². The van der Waals surface area contributed by atoms with Gasteiger partial charge in [-0.15, -0.1) is 0 Å². The van der Waals surface area contributed by atoms with Gasteiger partial charge in [-0.2, -0.15) is 5.10 Å². The number of amides is 1. The van der Waals surface area contributed by atoms with Crippen LogP contribution in [0, 0.1) is 12.7 Å². The predicted octanol–water partition coefficient (Wildman–Crippen LogP) is 3.77. The van der Waals surface area contributed by atoms with Crippen LogP contribution in [0.2, 0.25) is 5.02 Å². The standard InChI is InChI=1S/C22H22ClFN6OS/c1-13-2-7-16(10-17(13)23)25-20(31)12-32-22-27-26-21-19-11-18(14-3-5-15(24)6-4-14)28-30(19)9-8-29(21)22/h2-10,18-19,21,26,28H,11-12H2,1H3,(H,25,31). The zero-order valence-electron chi connectivity index (χ0n) is 17.3. The Bertz CT molecular complexity index is 1090. The summed E-state index contributed by atoms with van der Waals surface area (Å²) in [4.78, 5) is 14.5. The lowest BCUT2D eigenvalue weighted by Gasteiger charge is -2.36. The minimum absolute atomic E-state index is 0.0422. The minimum atomic E-state index is -0.238. The van der Waals surface area contributed by atoms with Crippen LogP contribution in [0.5, 0.6) is 0 Å². The molecule has 0 bridgehead atoms. The number of amidine groups is 1. The van der Waals surface area contributed by atoms with E-state index < -0.39 is 0 Å². The smallest absolute Gasteiger partial charge is 0.234 e. The van der Waals surface area contributed by atoms with Gasteiger partial charge in [0, 0.05) is 23.1 Å². The van der Waals surface area contributed by atoms with Crippen molar-refractivity contribution in [1.29, 1.82) is 0 Å². The molecule has 0 aliphatic carbocycles. The lowest BCUT2D eigenvalue weighted by Crippen LogP contribution is -2.54. The first-order valence-electron chi connectivity index (χ1n) is 10.3. The number of fused-ring (bicyclic) bond motifs is 3. The molecule has 0 spiro atoms. The second-order valence-electron chi connectivity index (χ2n) is 7.92. The maximum atomic E-state index is 13.3. The molecule has 3 heterocycles. The zero-order chi connectivity index (χ0) is 22.2. The van der Waals surface area contributed by atoms with Crippen molar-refractivity contribution in [3.05, 3.63) is 76.8 Å². The molecule has 3 atom stereocenters. The summed E-state index contributed by atoms with van der Waals surface area (Å²) in [5.74, 6) is -0.131. The summed E-state index contributed by atoms with van der Waals surface area (Å²) in [7, 11) is 0. The number of hydrazine groups is 1. The number of rotatable bonds is 4. The van der Waals surface area contributed by atoms with E-state index in [0.29, 0.717) is 10.7 Å². The summed E-state index contributed by atoms with van der Waals surface area (Å²) in [6.07, 6.45) is 4.72. The average Bonchev–Trinajstić information content (AvgIpc) is 3.39. The van der Waals surface area contributed by atoms with Crippen molar-refractivity contribution in [1.82, 2.24) is 20.8 Å². The Morgan fingerprint density at radius 1 is 1.28 bits per heavy atom. The predicted molar refractivity (Wildman–Crippen MR) is 125 cm³/mol. The number of carbonyl (C=O) groups is 1. The topological polar surface area (TPSA) is 72.0 Å². The fourth-order valence-electron chi connectivity index (χ4n) is 4.06. The van der Waals surface area contributed by atoms with E-state index in [0.717, 1.165) is 22.7 Å². The number of hydrogen-bond acceptors (Lipinski definition) is 7. The number of halogens is 2. The summed E-state index contributed by atoms with van der Waals surface area (Å²) in [6, 6.07) is 12.3. The van der Waals surface area contributed by atoms with Crippen molar-refractivity contribution in [3.63, 3.8) is 0 Å². The van der Waals surface area contributed by atoms with Gasteiger partial charge >= 0.3 is 0 Å². The molecular formula is C22H22ClFN6OS. The number of aryl methyl sites for hydroxylation is 1. The fraction of sp³-hybridized carbons (Fsp3) is 0.273. The number of hydrogen-bond donors (Lipinski definition) is 3. The molecule has 3 unspecified atom stereocenters. The first kappa shape index (κ1) is 21.1. The van der Waals surface area contributed by atoms with Gasteiger partial charge in [-0.3, -0.25) is 10.2 Å². The van der Waals surface area contributed by atoms with Gasteiger partial charge in [0.1, 0.15) is 12.0 Å². The number of benzene rings is 2. The largest absolute Gasteiger partial charge is 0.325 e. The summed E-state index contributed by atoms with van der Waals surface area (Å²) in [6.45, 7) is 1.92. The Morgan fingerprint density at radius 3 is 2.88 bits per heavy atom. The van der Waals surface area contributed by atoms with Crippen LogP contribution < -0.4 is 16.2 Å². The maximum absolute atomic E-state index is 13.3. The van der Waals surface area contributed by atoms with Crippen LogP contribution in [0.3, 0.4) is 0 Å². The van der Waals surface area contributed by atoms with Crippen LogP contribution in [0.25, 0.3) is 0 Å². The highest BCUT2D eigenvalue weighted by molar-refractivity contribution is 8.14.